The van der Waals surface area contributed by atoms with E-state index in [0.717, 1.165) is 21.4 Å². The van der Waals surface area contributed by atoms with Crippen molar-refractivity contribution in [2.24, 2.45) is 0 Å². The molecule has 0 bridgehead atoms. The van der Waals surface area contributed by atoms with E-state index in [9.17, 15) is 8.42 Å². The molecule has 3 aromatic rings. The number of aromatic nitrogens is 3. The SMILES string of the molecule is Cc1cc(-c2nnc(CSc3ccc(S(=O)(=O)N(C)C)cn3)o2)c(C)o1. The Bertz CT molecular complexity index is 1010. The molecule has 3 heterocycles. The van der Waals surface area contributed by atoms with Crippen LogP contribution in [-0.2, 0) is 15.8 Å². The molecule has 0 aliphatic heterocycles. The highest BCUT2D eigenvalue weighted by Crippen LogP contribution is 2.27. The minimum atomic E-state index is -3.48. The molecule has 0 aromatic carbocycles. The van der Waals surface area contributed by atoms with Gasteiger partial charge in [-0.3, -0.25) is 0 Å². The molecule has 0 amide bonds. The number of thioether (sulfide) groups is 1. The Balaban J connectivity index is 1.68. The standard InChI is InChI=1S/C16H18N4O4S2/c1-10-7-13(11(2)23-10)16-19-18-14(24-16)9-25-15-6-5-12(8-17-15)26(21,22)20(3)4/h5-8H,9H2,1-4H3. The van der Waals surface area contributed by atoms with Gasteiger partial charge in [-0.05, 0) is 32.0 Å². The molecule has 0 saturated heterocycles. The van der Waals surface area contributed by atoms with Gasteiger partial charge in [0.2, 0.25) is 15.9 Å². The number of hydrogen-bond donors (Lipinski definition) is 0. The summed E-state index contributed by atoms with van der Waals surface area (Å²) in [7, 11) is -0.517. The summed E-state index contributed by atoms with van der Waals surface area (Å²) in [6.45, 7) is 3.70. The average Bonchev–Trinajstić information content (AvgIpc) is 3.19. The van der Waals surface area contributed by atoms with Crippen molar-refractivity contribution in [1.82, 2.24) is 19.5 Å². The summed E-state index contributed by atoms with van der Waals surface area (Å²) < 4.78 is 36.3. The van der Waals surface area contributed by atoms with Crippen LogP contribution in [0.3, 0.4) is 0 Å². The molecular weight excluding hydrogens is 376 g/mol. The molecular formula is C16H18N4O4S2. The van der Waals surface area contributed by atoms with Crippen LogP contribution in [0.2, 0.25) is 0 Å². The lowest BCUT2D eigenvalue weighted by atomic mass is 10.2. The predicted molar refractivity (Wildman–Crippen MR) is 96.1 cm³/mol. The van der Waals surface area contributed by atoms with Crippen molar-refractivity contribution in [1.29, 1.82) is 0 Å². The molecule has 0 unspecified atom stereocenters. The molecule has 26 heavy (non-hydrogen) atoms. The first kappa shape index (κ1) is 18.6. The largest absolute Gasteiger partial charge is 0.466 e. The number of pyridine rings is 1. The van der Waals surface area contributed by atoms with E-state index in [1.54, 1.807) is 6.07 Å². The molecule has 0 atom stereocenters. The zero-order valence-corrected chi connectivity index (χ0v) is 16.4. The third-order valence-electron chi connectivity index (χ3n) is 3.57. The van der Waals surface area contributed by atoms with Gasteiger partial charge >= 0.3 is 0 Å². The number of furan rings is 1. The Morgan fingerprint density at radius 3 is 2.50 bits per heavy atom. The highest BCUT2D eigenvalue weighted by Gasteiger charge is 2.18. The quantitative estimate of drug-likeness (QED) is 0.588. The smallest absolute Gasteiger partial charge is 0.251 e. The summed E-state index contributed by atoms with van der Waals surface area (Å²) in [5.41, 5.74) is 0.780. The van der Waals surface area contributed by atoms with E-state index in [2.05, 4.69) is 15.2 Å². The van der Waals surface area contributed by atoms with Gasteiger partial charge in [0.25, 0.3) is 5.89 Å². The van der Waals surface area contributed by atoms with E-state index < -0.39 is 10.0 Å². The van der Waals surface area contributed by atoms with Gasteiger partial charge in [-0.25, -0.2) is 17.7 Å². The van der Waals surface area contributed by atoms with E-state index >= 15 is 0 Å². The summed E-state index contributed by atoms with van der Waals surface area (Å²) in [5, 5.41) is 8.74. The molecule has 8 nitrogen and oxygen atoms in total. The van der Waals surface area contributed by atoms with Gasteiger partial charge in [0, 0.05) is 20.3 Å². The summed E-state index contributed by atoms with van der Waals surface area (Å²) in [6, 6.07) is 5.04. The second-order valence-electron chi connectivity index (χ2n) is 5.74. The number of aryl methyl sites for hydroxylation is 2. The Kier molecular flexibility index (Phi) is 5.17. The molecule has 3 aromatic heterocycles. The van der Waals surface area contributed by atoms with Crippen LogP contribution in [0.5, 0.6) is 0 Å². The van der Waals surface area contributed by atoms with Crippen molar-refractivity contribution < 1.29 is 17.3 Å². The molecule has 0 saturated carbocycles. The molecule has 0 aliphatic carbocycles. The summed E-state index contributed by atoms with van der Waals surface area (Å²) >= 11 is 1.38. The van der Waals surface area contributed by atoms with Crippen molar-refractivity contribution in [3.05, 3.63) is 41.8 Å². The van der Waals surface area contributed by atoms with Crippen molar-refractivity contribution in [2.45, 2.75) is 29.5 Å². The van der Waals surface area contributed by atoms with Gasteiger partial charge in [0.05, 0.1) is 16.3 Å². The fraction of sp³-hybridized carbons (Fsp3) is 0.312. The fourth-order valence-electron chi connectivity index (χ4n) is 2.22. The van der Waals surface area contributed by atoms with Gasteiger partial charge in [-0.2, -0.15) is 0 Å². The molecule has 0 fully saturated rings. The Hall–Kier alpha value is -2.17. The molecule has 138 valence electrons. The third kappa shape index (κ3) is 3.81. The molecule has 10 heteroatoms. The first-order valence-electron chi connectivity index (χ1n) is 7.68. The summed E-state index contributed by atoms with van der Waals surface area (Å²) in [5.74, 6) is 2.80. The Morgan fingerprint density at radius 2 is 1.92 bits per heavy atom. The van der Waals surface area contributed by atoms with Crippen LogP contribution in [0.25, 0.3) is 11.5 Å². The van der Waals surface area contributed by atoms with Crippen molar-refractivity contribution >= 4 is 21.8 Å². The minimum Gasteiger partial charge on any atom is -0.466 e. The first-order chi connectivity index (χ1) is 12.3. The van der Waals surface area contributed by atoms with E-state index in [1.807, 2.05) is 19.9 Å². The predicted octanol–water partition coefficient (Wildman–Crippen LogP) is 2.88. The van der Waals surface area contributed by atoms with E-state index in [4.69, 9.17) is 8.83 Å². The van der Waals surface area contributed by atoms with Crippen LogP contribution < -0.4 is 0 Å². The van der Waals surface area contributed by atoms with Crippen molar-refractivity contribution in [3.8, 4) is 11.5 Å². The summed E-state index contributed by atoms with van der Waals surface area (Å²) in [4.78, 5) is 4.33. The van der Waals surface area contributed by atoms with Gasteiger partial charge in [-0.1, -0.05) is 11.8 Å². The maximum absolute atomic E-state index is 12.0. The lowest BCUT2D eigenvalue weighted by molar-refractivity contribution is 0.499. The fourth-order valence-corrected chi connectivity index (χ4v) is 3.74. The Labute approximate surface area is 155 Å². The van der Waals surface area contributed by atoms with E-state index in [1.165, 1.54) is 38.1 Å². The zero-order chi connectivity index (χ0) is 18.9. The third-order valence-corrected chi connectivity index (χ3v) is 6.30. The normalized spacial score (nSPS) is 12.0. The maximum atomic E-state index is 12.0. The molecule has 0 spiro atoms. The molecule has 0 N–H and O–H groups in total. The maximum Gasteiger partial charge on any atom is 0.251 e. The van der Waals surface area contributed by atoms with Crippen LogP contribution in [0.4, 0.5) is 0 Å². The zero-order valence-electron chi connectivity index (χ0n) is 14.8. The number of nitrogens with zero attached hydrogens (tertiary/aromatic N) is 4. The number of hydrogen-bond acceptors (Lipinski definition) is 8. The lowest BCUT2D eigenvalue weighted by Crippen LogP contribution is -2.22. The summed E-state index contributed by atoms with van der Waals surface area (Å²) in [6.07, 6.45) is 1.34. The van der Waals surface area contributed by atoms with Gasteiger partial charge in [0.15, 0.2) is 0 Å². The van der Waals surface area contributed by atoms with Gasteiger partial charge in [-0.15, -0.1) is 10.2 Å². The van der Waals surface area contributed by atoms with Crippen LogP contribution in [0, 0.1) is 13.8 Å². The van der Waals surface area contributed by atoms with Crippen LogP contribution >= 0.6 is 11.8 Å². The van der Waals surface area contributed by atoms with E-state index in [0.29, 0.717) is 22.6 Å². The van der Waals surface area contributed by atoms with E-state index in [-0.39, 0.29) is 4.90 Å². The van der Waals surface area contributed by atoms with Crippen LogP contribution in [-0.4, -0.2) is 42.0 Å². The highest BCUT2D eigenvalue weighted by molar-refractivity contribution is 7.98. The highest BCUT2D eigenvalue weighted by atomic mass is 32.2. The molecule has 0 aliphatic rings. The van der Waals surface area contributed by atoms with Crippen molar-refractivity contribution in [3.63, 3.8) is 0 Å². The van der Waals surface area contributed by atoms with Gasteiger partial charge < -0.3 is 8.83 Å². The minimum absolute atomic E-state index is 0.151. The monoisotopic (exact) mass is 394 g/mol. The number of rotatable bonds is 6. The second kappa shape index (κ2) is 7.22. The topological polar surface area (TPSA) is 102 Å². The van der Waals surface area contributed by atoms with Gasteiger partial charge in [0.1, 0.15) is 16.4 Å². The average molecular weight is 394 g/mol. The molecule has 0 radical (unpaired) electrons. The molecule has 3 rings (SSSR count). The Morgan fingerprint density at radius 1 is 1.15 bits per heavy atom. The lowest BCUT2D eigenvalue weighted by Gasteiger charge is -2.10. The van der Waals surface area contributed by atoms with Crippen LogP contribution in [0.1, 0.15) is 17.4 Å². The van der Waals surface area contributed by atoms with Crippen molar-refractivity contribution in [2.75, 3.05) is 14.1 Å². The first-order valence-corrected chi connectivity index (χ1v) is 10.1. The van der Waals surface area contributed by atoms with Crippen LogP contribution in [0.15, 0.2) is 43.2 Å². The second-order valence-corrected chi connectivity index (χ2v) is 8.88. The number of sulfonamides is 1.